The molecule has 3 aromatic rings. The number of benzene rings is 1. The largest absolute Gasteiger partial charge is 0.478 e. The zero-order valence-electron chi connectivity index (χ0n) is 12.6. The Kier molecular flexibility index (Phi) is 3.29. The Morgan fingerprint density at radius 1 is 1.23 bits per heavy atom. The molecule has 0 radical (unpaired) electrons. The van der Waals surface area contributed by atoms with E-state index in [0.29, 0.717) is 16.9 Å². The molecule has 0 unspecified atom stereocenters. The summed E-state index contributed by atoms with van der Waals surface area (Å²) < 4.78 is 1.54. The molecule has 0 saturated carbocycles. The molecule has 0 aliphatic carbocycles. The molecule has 0 aliphatic rings. The first kappa shape index (κ1) is 14.1. The van der Waals surface area contributed by atoms with Crippen molar-refractivity contribution in [3.8, 4) is 0 Å². The molecule has 3 rings (SSSR count). The van der Waals surface area contributed by atoms with E-state index in [4.69, 9.17) is 0 Å². The van der Waals surface area contributed by atoms with E-state index in [-0.39, 0.29) is 5.56 Å². The Bertz CT molecular complexity index is 883. The minimum absolute atomic E-state index is 0.226. The van der Waals surface area contributed by atoms with Crippen LogP contribution < -0.4 is 5.32 Å². The molecule has 2 N–H and O–H groups in total. The minimum atomic E-state index is -0.972. The number of anilines is 2. The van der Waals surface area contributed by atoms with Crippen molar-refractivity contribution < 1.29 is 9.90 Å². The first-order chi connectivity index (χ1) is 10.5. The first-order valence-corrected chi connectivity index (χ1v) is 6.88. The van der Waals surface area contributed by atoms with Gasteiger partial charge in [-0.25, -0.2) is 14.3 Å². The van der Waals surface area contributed by atoms with E-state index in [1.165, 1.54) is 28.2 Å². The van der Waals surface area contributed by atoms with Crippen LogP contribution in [0.2, 0.25) is 0 Å². The second-order valence-corrected chi connectivity index (χ2v) is 5.30. The lowest BCUT2D eigenvalue weighted by Gasteiger charge is -2.09. The summed E-state index contributed by atoms with van der Waals surface area (Å²) in [6.45, 7) is 5.85. The third-order valence-corrected chi connectivity index (χ3v) is 3.83. The van der Waals surface area contributed by atoms with Crippen LogP contribution in [0.4, 0.5) is 11.5 Å². The zero-order chi connectivity index (χ0) is 15.9. The lowest BCUT2D eigenvalue weighted by Crippen LogP contribution is -2.00. The highest BCUT2D eigenvalue weighted by molar-refractivity contribution is 5.94. The van der Waals surface area contributed by atoms with Gasteiger partial charge in [0.15, 0.2) is 5.82 Å². The summed E-state index contributed by atoms with van der Waals surface area (Å²) in [5.41, 5.74) is 4.82. The van der Waals surface area contributed by atoms with E-state index in [2.05, 4.69) is 22.3 Å². The summed E-state index contributed by atoms with van der Waals surface area (Å²) in [5.74, 6) is -0.386. The topological polar surface area (TPSA) is 79.5 Å². The maximum atomic E-state index is 11.3. The van der Waals surface area contributed by atoms with Crippen molar-refractivity contribution in [3.05, 3.63) is 53.0 Å². The monoisotopic (exact) mass is 296 g/mol. The van der Waals surface area contributed by atoms with Gasteiger partial charge in [-0.1, -0.05) is 6.07 Å². The maximum Gasteiger partial charge on any atom is 0.337 e. The number of carboxylic acids is 1. The second-order valence-electron chi connectivity index (χ2n) is 5.30. The van der Waals surface area contributed by atoms with E-state index >= 15 is 0 Å². The zero-order valence-corrected chi connectivity index (χ0v) is 12.6. The number of carbonyl (C=O) groups is 1. The highest BCUT2D eigenvalue weighted by Crippen LogP contribution is 2.26. The molecule has 0 amide bonds. The number of rotatable bonds is 3. The summed E-state index contributed by atoms with van der Waals surface area (Å²) in [6.07, 6.45) is 2.90. The fourth-order valence-electron chi connectivity index (χ4n) is 2.42. The van der Waals surface area contributed by atoms with Crippen LogP contribution >= 0.6 is 0 Å². The SMILES string of the molecule is Cc1ccc(Nc2ncnn3cc(C(=O)O)c(C)c23)cc1C. The van der Waals surface area contributed by atoms with E-state index in [1.54, 1.807) is 6.92 Å². The Labute approximate surface area is 127 Å². The molecule has 1 aromatic carbocycles. The Hall–Kier alpha value is -2.89. The van der Waals surface area contributed by atoms with Crippen LogP contribution in [0.25, 0.3) is 5.52 Å². The summed E-state index contributed by atoms with van der Waals surface area (Å²) >= 11 is 0. The lowest BCUT2D eigenvalue weighted by molar-refractivity contribution is 0.0696. The minimum Gasteiger partial charge on any atom is -0.478 e. The molecule has 0 atom stereocenters. The lowest BCUT2D eigenvalue weighted by atomic mass is 10.1. The Morgan fingerprint density at radius 3 is 2.68 bits per heavy atom. The second kappa shape index (κ2) is 5.14. The third kappa shape index (κ3) is 2.28. The number of hydrogen-bond donors (Lipinski definition) is 2. The number of aryl methyl sites for hydroxylation is 3. The van der Waals surface area contributed by atoms with Crippen LogP contribution in [-0.2, 0) is 0 Å². The van der Waals surface area contributed by atoms with Gasteiger partial charge >= 0.3 is 5.97 Å². The van der Waals surface area contributed by atoms with Crippen LogP contribution in [0.15, 0.2) is 30.7 Å². The van der Waals surface area contributed by atoms with Gasteiger partial charge in [0.25, 0.3) is 0 Å². The standard InChI is InChI=1S/C16H16N4O2/c1-9-4-5-12(6-10(9)2)19-15-14-11(3)13(16(21)22)7-20(14)18-8-17-15/h4-8H,1-3H3,(H,21,22)(H,17,18,19). The molecule has 0 saturated heterocycles. The van der Waals surface area contributed by atoms with Crippen molar-refractivity contribution in [1.82, 2.24) is 14.6 Å². The molecule has 6 nitrogen and oxygen atoms in total. The van der Waals surface area contributed by atoms with E-state index in [0.717, 1.165) is 5.69 Å². The number of hydrogen-bond acceptors (Lipinski definition) is 4. The van der Waals surface area contributed by atoms with Crippen molar-refractivity contribution in [1.29, 1.82) is 0 Å². The van der Waals surface area contributed by atoms with Crippen molar-refractivity contribution in [2.45, 2.75) is 20.8 Å². The molecule has 112 valence electrons. The first-order valence-electron chi connectivity index (χ1n) is 6.88. The fraction of sp³-hybridized carbons (Fsp3) is 0.188. The number of nitrogens with one attached hydrogen (secondary N) is 1. The summed E-state index contributed by atoms with van der Waals surface area (Å²) in [7, 11) is 0. The smallest absolute Gasteiger partial charge is 0.337 e. The molecule has 6 heteroatoms. The molecule has 0 bridgehead atoms. The quantitative estimate of drug-likeness (QED) is 0.776. The van der Waals surface area contributed by atoms with Crippen LogP contribution in [0.1, 0.15) is 27.0 Å². The molecule has 22 heavy (non-hydrogen) atoms. The van der Waals surface area contributed by atoms with Crippen molar-refractivity contribution in [3.63, 3.8) is 0 Å². The van der Waals surface area contributed by atoms with Gasteiger partial charge in [0.1, 0.15) is 11.8 Å². The fourth-order valence-corrected chi connectivity index (χ4v) is 2.42. The molecule has 0 fully saturated rings. The maximum absolute atomic E-state index is 11.3. The van der Waals surface area contributed by atoms with Crippen LogP contribution in [-0.4, -0.2) is 25.7 Å². The highest BCUT2D eigenvalue weighted by atomic mass is 16.4. The van der Waals surface area contributed by atoms with Gasteiger partial charge in [0, 0.05) is 11.9 Å². The van der Waals surface area contributed by atoms with Gasteiger partial charge < -0.3 is 10.4 Å². The molecule has 2 aromatic heterocycles. The number of aromatic nitrogens is 3. The van der Waals surface area contributed by atoms with Gasteiger partial charge in [-0.2, -0.15) is 5.10 Å². The number of fused-ring (bicyclic) bond motifs is 1. The van der Waals surface area contributed by atoms with Gasteiger partial charge in [0.2, 0.25) is 0 Å². The van der Waals surface area contributed by atoms with E-state index in [9.17, 15) is 9.90 Å². The molecule has 0 aliphatic heterocycles. The van der Waals surface area contributed by atoms with Crippen molar-refractivity contribution in [2.75, 3.05) is 5.32 Å². The predicted molar refractivity (Wildman–Crippen MR) is 83.9 cm³/mol. The Balaban J connectivity index is 2.10. The van der Waals surface area contributed by atoms with Gasteiger partial charge in [-0.3, -0.25) is 0 Å². The molecule has 0 spiro atoms. The summed E-state index contributed by atoms with van der Waals surface area (Å²) in [6, 6.07) is 6.03. The number of nitrogens with zero attached hydrogens (tertiary/aromatic N) is 3. The predicted octanol–water partition coefficient (Wildman–Crippen LogP) is 3.10. The van der Waals surface area contributed by atoms with Gasteiger partial charge in [-0.15, -0.1) is 0 Å². The van der Waals surface area contributed by atoms with Crippen LogP contribution in [0.3, 0.4) is 0 Å². The summed E-state index contributed by atoms with van der Waals surface area (Å²) in [4.78, 5) is 15.5. The molecular weight excluding hydrogens is 280 g/mol. The number of aromatic carboxylic acids is 1. The normalized spacial score (nSPS) is 10.9. The highest BCUT2D eigenvalue weighted by Gasteiger charge is 2.17. The van der Waals surface area contributed by atoms with Crippen LogP contribution in [0, 0.1) is 20.8 Å². The Morgan fingerprint density at radius 2 is 2.00 bits per heavy atom. The van der Waals surface area contributed by atoms with E-state index in [1.807, 2.05) is 25.1 Å². The molecular formula is C16H16N4O2. The summed E-state index contributed by atoms with van der Waals surface area (Å²) in [5, 5.41) is 16.6. The average molecular weight is 296 g/mol. The van der Waals surface area contributed by atoms with Gasteiger partial charge in [-0.05, 0) is 49.6 Å². The van der Waals surface area contributed by atoms with Crippen molar-refractivity contribution in [2.24, 2.45) is 0 Å². The third-order valence-electron chi connectivity index (χ3n) is 3.83. The van der Waals surface area contributed by atoms with Crippen molar-refractivity contribution >= 4 is 23.0 Å². The number of carboxylic acid groups (broad SMARTS) is 1. The molecule has 2 heterocycles. The van der Waals surface area contributed by atoms with Gasteiger partial charge in [0.05, 0.1) is 5.56 Å². The average Bonchev–Trinajstić information content (AvgIpc) is 2.81. The van der Waals surface area contributed by atoms with Crippen LogP contribution in [0.5, 0.6) is 0 Å². The van der Waals surface area contributed by atoms with E-state index < -0.39 is 5.97 Å².